The summed E-state index contributed by atoms with van der Waals surface area (Å²) in [4.78, 5) is 0. The van der Waals surface area contributed by atoms with Crippen LogP contribution in [0, 0.1) is 11.3 Å². The molecule has 1 fully saturated rings. The molecule has 1 N–H and O–H groups in total. The Kier molecular flexibility index (Phi) is 3.77. The van der Waals surface area contributed by atoms with Gasteiger partial charge in [0.15, 0.2) is 0 Å². The molecule has 8 heteroatoms. The first-order chi connectivity index (χ1) is 7.24. The molecule has 0 amide bonds. The van der Waals surface area contributed by atoms with E-state index in [2.05, 4.69) is 13.6 Å². The van der Waals surface area contributed by atoms with Crippen molar-refractivity contribution in [1.82, 2.24) is 0 Å². The van der Waals surface area contributed by atoms with E-state index in [1.807, 2.05) is 0 Å². The van der Waals surface area contributed by atoms with Crippen LogP contribution in [0.3, 0.4) is 0 Å². The van der Waals surface area contributed by atoms with E-state index < -0.39 is 25.3 Å². The standard InChI is InChI=1S/C8H15F2O5P/c1-7(4-6(7)5-11)8(9,10)15-16(12,13-2)14-3/h6,11H,4-5H2,1-3H3/t6-,7+/m0/s1. The molecule has 1 aliphatic rings. The third-order valence-electron chi connectivity index (χ3n) is 2.97. The van der Waals surface area contributed by atoms with Crippen molar-refractivity contribution >= 4 is 7.82 Å². The average molecular weight is 260 g/mol. The summed E-state index contributed by atoms with van der Waals surface area (Å²) in [5, 5.41) is 8.80. The molecule has 0 heterocycles. The summed E-state index contributed by atoms with van der Waals surface area (Å²) in [6.07, 6.45) is -3.56. The number of alkyl halides is 2. The summed E-state index contributed by atoms with van der Waals surface area (Å²) >= 11 is 0. The van der Waals surface area contributed by atoms with Crippen molar-refractivity contribution in [1.29, 1.82) is 0 Å². The Morgan fingerprint density at radius 2 is 2.00 bits per heavy atom. The van der Waals surface area contributed by atoms with E-state index in [0.717, 1.165) is 14.2 Å². The van der Waals surface area contributed by atoms with E-state index >= 15 is 0 Å². The number of rotatable bonds is 6. The van der Waals surface area contributed by atoms with Crippen molar-refractivity contribution < 1.29 is 32.0 Å². The maximum atomic E-state index is 13.6. The van der Waals surface area contributed by atoms with Crippen molar-refractivity contribution in [2.24, 2.45) is 11.3 Å². The summed E-state index contributed by atoms with van der Waals surface area (Å²) in [7, 11) is -2.31. The van der Waals surface area contributed by atoms with Crippen LogP contribution in [0.5, 0.6) is 0 Å². The first-order valence-electron chi connectivity index (χ1n) is 4.65. The van der Waals surface area contributed by atoms with Crippen LogP contribution < -0.4 is 0 Å². The zero-order valence-electron chi connectivity index (χ0n) is 9.27. The second-order valence-electron chi connectivity index (χ2n) is 3.92. The summed E-state index contributed by atoms with van der Waals surface area (Å²) in [5.74, 6) is -0.565. The molecule has 0 saturated heterocycles. The fourth-order valence-electron chi connectivity index (χ4n) is 1.47. The van der Waals surface area contributed by atoms with Gasteiger partial charge in [0.05, 0.1) is 5.41 Å². The van der Waals surface area contributed by atoms with Crippen LogP contribution in [0.25, 0.3) is 0 Å². The number of halogens is 2. The molecule has 0 aromatic carbocycles. The summed E-state index contributed by atoms with van der Waals surface area (Å²) < 4.78 is 51.4. The number of aliphatic hydroxyl groups excluding tert-OH is 1. The van der Waals surface area contributed by atoms with Gasteiger partial charge in [0.1, 0.15) is 0 Å². The molecule has 0 radical (unpaired) electrons. The highest BCUT2D eigenvalue weighted by Gasteiger charge is 2.69. The van der Waals surface area contributed by atoms with E-state index in [-0.39, 0.29) is 13.0 Å². The average Bonchev–Trinajstić information content (AvgIpc) is 2.91. The smallest absolute Gasteiger partial charge is 0.396 e. The molecule has 0 bridgehead atoms. The minimum atomic E-state index is -4.23. The zero-order valence-corrected chi connectivity index (χ0v) is 10.2. The van der Waals surface area contributed by atoms with Gasteiger partial charge in [-0.2, -0.15) is 8.78 Å². The van der Waals surface area contributed by atoms with Gasteiger partial charge in [-0.05, 0) is 12.3 Å². The number of hydrogen-bond donors (Lipinski definition) is 1. The Morgan fingerprint density at radius 3 is 2.31 bits per heavy atom. The minimum absolute atomic E-state index is 0.101. The Labute approximate surface area is 92.3 Å². The monoisotopic (exact) mass is 260 g/mol. The lowest BCUT2D eigenvalue weighted by molar-refractivity contribution is -0.237. The van der Waals surface area contributed by atoms with Crippen LogP contribution in [-0.2, 0) is 18.1 Å². The van der Waals surface area contributed by atoms with Crippen molar-refractivity contribution in [2.45, 2.75) is 19.5 Å². The molecule has 0 aliphatic heterocycles. The van der Waals surface area contributed by atoms with E-state index in [1.54, 1.807) is 0 Å². The number of aliphatic hydroxyl groups is 1. The van der Waals surface area contributed by atoms with Crippen molar-refractivity contribution in [3.05, 3.63) is 0 Å². The van der Waals surface area contributed by atoms with Gasteiger partial charge in [-0.1, -0.05) is 6.92 Å². The zero-order chi connectivity index (χ0) is 12.6. The van der Waals surface area contributed by atoms with E-state index in [4.69, 9.17) is 5.11 Å². The van der Waals surface area contributed by atoms with Crippen LogP contribution in [0.4, 0.5) is 8.78 Å². The third-order valence-corrected chi connectivity index (χ3v) is 4.32. The van der Waals surface area contributed by atoms with Crippen molar-refractivity contribution in [3.8, 4) is 0 Å². The topological polar surface area (TPSA) is 65.0 Å². The van der Waals surface area contributed by atoms with Crippen LogP contribution in [-0.4, -0.2) is 32.0 Å². The molecule has 1 aliphatic carbocycles. The number of hydrogen-bond acceptors (Lipinski definition) is 5. The molecule has 0 aromatic rings. The molecular weight excluding hydrogens is 245 g/mol. The van der Waals surface area contributed by atoms with Gasteiger partial charge >= 0.3 is 13.9 Å². The van der Waals surface area contributed by atoms with Gasteiger partial charge in [0.2, 0.25) is 0 Å². The molecule has 1 saturated carbocycles. The fraction of sp³-hybridized carbons (Fsp3) is 1.00. The summed E-state index contributed by atoms with van der Waals surface area (Å²) in [6.45, 7) is 0.892. The lowest BCUT2D eigenvalue weighted by Gasteiger charge is -2.26. The molecule has 96 valence electrons. The largest absolute Gasteiger partial charge is 0.479 e. The molecule has 2 atom stereocenters. The highest BCUT2D eigenvalue weighted by atomic mass is 31.2. The highest BCUT2D eigenvalue weighted by molar-refractivity contribution is 7.48. The van der Waals surface area contributed by atoms with Crippen LogP contribution in [0.2, 0.25) is 0 Å². The minimum Gasteiger partial charge on any atom is -0.396 e. The van der Waals surface area contributed by atoms with Gasteiger partial charge < -0.3 is 5.11 Å². The quantitative estimate of drug-likeness (QED) is 0.740. The van der Waals surface area contributed by atoms with Gasteiger partial charge in [0.25, 0.3) is 0 Å². The molecule has 0 unspecified atom stereocenters. The Balaban J connectivity index is 2.77. The first-order valence-corrected chi connectivity index (χ1v) is 6.11. The van der Waals surface area contributed by atoms with Crippen LogP contribution >= 0.6 is 7.82 Å². The normalized spacial score (nSPS) is 30.5. The number of phosphoric acid groups is 1. The number of phosphoric ester groups is 1. The summed E-state index contributed by atoms with van der Waals surface area (Å²) in [6, 6.07) is 0. The molecule has 1 rings (SSSR count). The van der Waals surface area contributed by atoms with Gasteiger partial charge in [0, 0.05) is 20.8 Å². The lowest BCUT2D eigenvalue weighted by atomic mass is 10.1. The van der Waals surface area contributed by atoms with E-state index in [9.17, 15) is 13.3 Å². The molecule has 16 heavy (non-hydrogen) atoms. The lowest BCUT2D eigenvalue weighted by Crippen LogP contribution is -2.32. The predicted octanol–water partition coefficient (Wildman–Crippen LogP) is 2.02. The van der Waals surface area contributed by atoms with E-state index in [1.165, 1.54) is 6.92 Å². The summed E-state index contributed by atoms with van der Waals surface area (Å²) in [5.41, 5.74) is -1.52. The Bertz CT molecular complexity index is 303. The van der Waals surface area contributed by atoms with E-state index in [0.29, 0.717) is 0 Å². The maximum absolute atomic E-state index is 13.6. The molecule has 0 aromatic heterocycles. The van der Waals surface area contributed by atoms with Gasteiger partial charge in [-0.3, -0.25) is 9.05 Å². The van der Waals surface area contributed by atoms with Crippen LogP contribution in [0.1, 0.15) is 13.3 Å². The van der Waals surface area contributed by atoms with Crippen LogP contribution in [0.15, 0.2) is 0 Å². The maximum Gasteiger partial charge on any atom is 0.479 e. The first kappa shape index (κ1) is 14.0. The van der Waals surface area contributed by atoms with Gasteiger partial charge in [-0.25, -0.2) is 9.09 Å². The second kappa shape index (κ2) is 4.31. The van der Waals surface area contributed by atoms with Gasteiger partial charge in [-0.15, -0.1) is 0 Å². The fourth-order valence-corrected chi connectivity index (χ4v) is 2.26. The molecule has 0 spiro atoms. The molecular formula is C8H15F2O5P. The SMILES string of the molecule is COP(=O)(OC)OC(F)(F)[C@]1(C)C[C@H]1CO. The molecule has 5 nitrogen and oxygen atoms in total. The van der Waals surface area contributed by atoms with Crippen molar-refractivity contribution in [3.63, 3.8) is 0 Å². The highest BCUT2D eigenvalue weighted by Crippen LogP contribution is 2.66. The van der Waals surface area contributed by atoms with Crippen molar-refractivity contribution in [2.75, 3.05) is 20.8 Å². The predicted molar refractivity (Wildman–Crippen MR) is 51.0 cm³/mol. The Hall–Kier alpha value is -0.0700. The Morgan fingerprint density at radius 1 is 1.50 bits per heavy atom. The second-order valence-corrected chi connectivity index (χ2v) is 5.73. The third kappa shape index (κ3) is 2.28.